The molecule has 0 fully saturated rings. The summed E-state index contributed by atoms with van der Waals surface area (Å²) in [6.07, 6.45) is 3.52. The minimum atomic E-state index is 0.200. The predicted octanol–water partition coefficient (Wildman–Crippen LogP) is 1.86. The number of fused-ring (bicyclic) bond motifs is 1. The first-order chi connectivity index (χ1) is 9.52. The Kier molecular flexibility index (Phi) is 2.97. The molecule has 0 unspecified atom stereocenters. The van der Waals surface area contributed by atoms with Crippen molar-refractivity contribution >= 4 is 11.8 Å². The summed E-state index contributed by atoms with van der Waals surface area (Å²) in [6, 6.07) is 4.32. The van der Waals surface area contributed by atoms with E-state index in [0.717, 1.165) is 23.3 Å². The van der Waals surface area contributed by atoms with Crippen LogP contribution in [0, 0.1) is 6.92 Å². The molecule has 5 nitrogen and oxygen atoms in total. The normalized spacial score (nSPS) is 16.8. The van der Waals surface area contributed by atoms with Gasteiger partial charge in [0.05, 0.1) is 0 Å². The summed E-state index contributed by atoms with van der Waals surface area (Å²) in [4.78, 5) is 8.02. The number of nitrogen functional groups attached to an aromatic ring is 2. The molecule has 1 aromatic heterocycles. The molecule has 1 aromatic carbocycles. The topological polar surface area (TPSA) is 87.0 Å². The molecule has 0 saturated heterocycles. The second-order valence-corrected chi connectivity index (χ2v) is 5.36. The zero-order valence-corrected chi connectivity index (χ0v) is 11.7. The summed E-state index contributed by atoms with van der Waals surface area (Å²) in [5, 5.41) is 0. The zero-order valence-electron chi connectivity index (χ0n) is 11.7. The first-order valence-corrected chi connectivity index (χ1v) is 6.69. The molecule has 0 amide bonds. The fourth-order valence-electron chi connectivity index (χ4n) is 2.69. The van der Waals surface area contributed by atoms with Crippen molar-refractivity contribution in [3.8, 4) is 5.75 Å². The third-order valence-electron chi connectivity index (χ3n) is 3.51. The van der Waals surface area contributed by atoms with Crippen molar-refractivity contribution in [1.82, 2.24) is 9.97 Å². The Morgan fingerprint density at radius 2 is 2.10 bits per heavy atom. The SMILES string of the molecule is Cc1cc(Cc2cnc(N)nc2N)c2c(c1)C[C@@H](C)O2. The lowest BCUT2D eigenvalue weighted by Gasteiger charge is -2.11. The summed E-state index contributed by atoms with van der Waals surface area (Å²) in [7, 11) is 0. The summed E-state index contributed by atoms with van der Waals surface area (Å²) in [5.74, 6) is 1.61. The molecule has 2 heterocycles. The molecule has 4 N–H and O–H groups in total. The van der Waals surface area contributed by atoms with Gasteiger partial charge in [-0.1, -0.05) is 17.7 Å². The standard InChI is InChI=1S/C15H18N4O/c1-8-3-10-5-9(2)20-13(10)11(4-8)6-12-7-18-15(17)19-14(12)16/h3-4,7,9H,5-6H2,1-2H3,(H4,16,17,18,19)/t9-/m1/s1. The summed E-state index contributed by atoms with van der Waals surface area (Å²) >= 11 is 0. The van der Waals surface area contributed by atoms with Gasteiger partial charge in [0.25, 0.3) is 0 Å². The van der Waals surface area contributed by atoms with Gasteiger partial charge >= 0.3 is 0 Å². The number of rotatable bonds is 2. The fourth-order valence-corrected chi connectivity index (χ4v) is 2.69. The number of aromatic nitrogens is 2. The number of nitrogens with zero attached hydrogens (tertiary/aromatic N) is 2. The minimum Gasteiger partial charge on any atom is -0.490 e. The maximum Gasteiger partial charge on any atom is 0.221 e. The highest BCUT2D eigenvalue weighted by atomic mass is 16.5. The van der Waals surface area contributed by atoms with E-state index in [2.05, 4.69) is 35.9 Å². The largest absolute Gasteiger partial charge is 0.490 e. The van der Waals surface area contributed by atoms with Crippen LogP contribution in [0.15, 0.2) is 18.3 Å². The molecule has 1 aliphatic heterocycles. The van der Waals surface area contributed by atoms with E-state index in [9.17, 15) is 0 Å². The number of aryl methyl sites for hydroxylation is 1. The molecule has 0 aliphatic carbocycles. The molecule has 20 heavy (non-hydrogen) atoms. The molecular weight excluding hydrogens is 252 g/mol. The molecule has 1 aliphatic rings. The van der Waals surface area contributed by atoms with Crippen molar-refractivity contribution < 1.29 is 4.74 Å². The molecular formula is C15H18N4O. The van der Waals surface area contributed by atoms with E-state index in [0.29, 0.717) is 12.2 Å². The van der Waals surface area contributed by atoms with Gasteiger partial charge in [-0.25, -0.2) is 4.98 Å². The Morgan fingerprint density at radius 3 is 2.85 bits per heavy atom. The smallest absolute Gasteiger partial charge is 0.221 e. The Hall–Kier alpha value is -2.30. The van der Waals surface area contributed by atoms with Crippen LogP contribution < -0.4 is 16.2 Å². The number of hydrogen-bond acceptors (Lipinski definition) is 5. The average Bonchev–Trinajstić information content (AvgIpc) is 2.73. The Bertz CT molecular complexity index is 669. The van der Waals surface area contributed by atoms with Gasteiger partial charge in [0, 0.05) is 24.6 Å². The Balaban J connectivity index is 1.99. The van der Waals surface area contributed by atoms with Gasteiger partial charge in [0.2, 0.25) is 5.95 Å². The predicted molar refractivity (Wildman–Crippen MR) is 78.6 cm³/mol. The maximum atomic E-state index is 5.92. The zero-order chi connectivity index (χ0) is 14.3. The van der Waals surface area contributed by atoms with Crippen LogP contribution in [0.2, 0.25) is 0 Å². The third-order valence-corrected chi connectivity index (χ3v) is 3.51. The van der Waals surface area contributed by atoms with Crippen molar-refractivity contribution in [2.45, 2.75) is 32.8 Å². The Morgan fingerprint density at radius 1 is 1.30 bits per heavy atom. The van der Waals surface area contributed by atoms with E-state index in [4.69, 9.17) is 16.2 Å². The lowest BCUT2D eigenvalue weighted by molar-refractivity contribution is 0.253. The van der Waals surface area contributed by atoms with Crippen molar-refractivity contribution in [2.75, 3.05) is 11.5 Å². The highest BCUT2D eigenvalue weighted by Crippen LogP contribution is 2.35. The van der Waals surface area contributed by atoms with Crippen molar-refractivity contribution in [3.63, 3.8) is 0 Å². The van der Waals surface area contributed by atoms with Gasteiger partial charge in [-0.05, 0) is 25.0 Å². The fraction of sp³-hybridized carbons (Fsp3) is 0.333. The van der Waals surface area contributed by atoms with Crippen molar-refractivity contribution in [3.05, 3.63) is 40.6 Å². The molecule has 0 spiro atoms. The van der Waals surface area contributed by atoms with E-state index in [-0.39, 0.29) is 12.1 Å². The summed E-state index contributed by atoms with van der Waals surface area (Å²) < 4.78 is 5.92. The molecule has 3 rings (SSSR count). The number of benzene rings is 1. The third kappa shape index (κ3) is 2.27. The summed E-state index contributed by atoms with van der Waals surface area (Å²) in [6.45, 7) is 4.18. The molecule has 104 valence electrons. The van der Waals surface area contributed by atoms with Crippen LogP contribution >= 0.6 is 0 Å². The van der Waals surface area contributed by atoms with Crippen LogP contribution in [-0.4, -0.2) is 16.1 Å². The van der Waals surface area contributed by atoms with Crippen LogP contribution in [0.5, 0.6) is 5.75 Å². The van der Waals surface area contributed by atoms with Gasteiger partial charge in [-0.2, -0.15) is 4.98 Å². The quantitative estimate of drug-likeness (QED) is 0.869. The molecule has 0 bridgehead atoms. The first kappa shape index (κ1) is 12.7. The number of ether oxygens (including phenoxy) is 1. The van der Waals surface area contributed by atoms with Crippen LogP contribution in [0.3, 0.4) is 0 Å². The number of anilines is 2. The van der Waals surface area contributed by atoms with Crippen molar-refractivity contribution in [2.24, 2.45) is 0 Å². The van der Waals surface area contributed by atoms with Gasteiger partial charge in [-0.15, -0.1) is 0 Å². The minimum absolute atomic E-state index is 0.200. The van der Waals surface area contributed by atoms with E-state index in [1.165, 1.54) is 11.1 Å². The van der Waals surface area contributed by atoms with E-state index < -0.39 is 0 Å². The van der Waals surface area contributed by atoms with Gasteiger partial charge < -0.3 is 16.2 Å². The molecule has 1 atom stereocenters. The van der Waals surface area contributed by atoms with E-state index in [1.807, 2.05) is 0 Å². The lowest BCUT2D eigenvalue weighted by atomic mass is 9.99. The maximum absolute atomic E-state index is 5.92. The number of nitrogens with two attached hydrogens (primary N) is 2. The first-order valence-electron chi connectivity index (χ1n) is 6.69. The molecule has 0 saturated carbocycles. The second kappa shape index (κ2) is 4.67. The highest BCUT2D eigenvalue weighted by Gasteiger charge is 2.23. The number of hydrogen-bond donors (Lipinski definition) is 2. The highest BCUT2D eigenvalue weighted by molar-refractivity contribution is 5.52. The average molecular weight is 270 g/mol. The van der Waals surface area contributed by atoms with Gasteiger partial charge in [-0.3, -0.25) is 0 Å². The lowest BCUT2D eigenvalue weighted by Crippen LogP contribution is -2.07. The monoisotopic (exact) mass is 270 g/mol. The van der Waals surface area contributed by atoms with Crippen LogP contribution in [0.1, 0.15) is 29.2 Å². The summed E-state index contributed by atoms with van der Waals surface area (Å²) in [5.41, 5.74) is 15.9. The van der Waals surface area contributed by atoms with Crippen LogP contribution in [0.4, 0.5) is 11.8 Å². The molecule has 2 aromatic rings. The van der Waals surface area contributed by atoms with Gasteiger partial charge in [0.1, 0.15) is 17.7 Å². The van der Waals surface area contributed by atoms with E-state index in [1.54, 1.807) is 6.20 Å². The molecule has 0 radical (unpaired) electrons. The Labute approximate surface area is 118 Å². The molecule has 5 heteroatoms. The van der Waals surface area contributed by atoms with E-state index >= 15 is 0 Å². The van der Waals surface area contributed by atoms with Gasteiger partial charge in [0.15, 0.2) is 0 Å². The van der Waals surface area contributed by atoms with Crippen LogP contribution in [0.25, 0.3) is 0 Å². The van der Waals surface area contributed by atoms with Crippen molar-refractivity contribution in [1.29, 1.82) is 0 Å². The second-order valence-electron chi connectivity index (χ2n) is 5.36. The van der Waals surface area contributed by atoms with Crippen LogP contribution in [-0.2, 0) is 12.8 Å².